The first kappa shape index (κ1) is 15.2. The minimum absolute atomic E-state index is 0.0826. The van der Waals surface area contributed by atoms with E-state index in [0.717, 1.165) is 4.47 Å². The summed E-state index contributed by atoms with van der Waals surface area (Å²) in [5.41, 5.74) is 4.07. The lowest BCUT2D eigenvalue weighted by Gasteiger charge is -2.07. The normalized spacial score (nSPS) is 11.4. The second kappa shape index (κ2) is 6.51. The molecule has 7 heteroatoms. The van der Waals surface area contributed by atoms with Crippen molar-refractivity contribution >= 4 is 54.8 Å². The summed E-state index contributed by atoms with van der Waals surface area (Å²) >= 11 is 8.04. The van der Waals surface area contributed by atoms with Gasteiger partial charge in [0.1, 0.15) is 5.75 Å². The molecule has 1 aromatic heterocycles. The molecule has 0 radical (unpaired) electrons. The summed E-state index contributed by atoms with van der Waals surface area (Å²) in [6, 6.07) is 5.18. The summed E-state index contributed by atoms with van der Waals surface area (Å²) < 4.78 is 1.36. The van der Waals surface area contributed by atoms with Crippen molar-refractivity contribution in [3.8, 4) is 5.75 Å². The van der Waals surface area contributed by atoms with Gasteiger partial charge in [0.25, 0.3) is 5.91 Å². The van der Waals surface area contributed by atoms with E-state index in [1.807, 2.05) is 5.38 Å². The van der Waals surface area contributed by atoms with E-state index in [-0.39, 0.29) is 11.7 Å². The molecule has 0 unspecified atom stereocenters. The Morgan fingerprint density at radius 1 is 1.40 bits per heavy atom. The van der Waals surface area contributed by atoms with E-state index >= 15 is 0 Å². The number of hydrogen-bond acceptors (Lipinski definition) is 4. The van der Waals surface area contributed by atoms with Crippen LogP contribution < -0.4 is 5.43 Å². The highest BCUT2D eigenvalue weighted by atomic mass is 79.9. The lowest BCUT2D eigenvalue weighted by molar-refractivity contribution is 0.0955. The van der Waals surface area contributed by atoms with Crippen molar-refractivity contribution < 1.29 is 9.90 Å². The summed E-state index contributed by atoms with van der Waals surface area (Å²) in [4.78, 5) is 11.8. The van der Waals surface area contributed by atoms with Gasteiger partial charge in [-0.25, -0.2) is 5.43 Å². The number of rotatable bonds is 3. The Balaban J connectivity index is 2.21. The molecule has 0 aliphatic carbocycles. The van der Waals surface area contributed by atoms with Crippen LogP contribution in [-0.4, -0.2) is 16.7 Å². The van der Waals surface area contributed by atoms with Gasteiger partial charge in [-0.15, -0.1) is 0 Å². The van der Waals surface area contributed by atoms with Crippen LogP contribution in [0.5, 0.6) is 5.75 Å². The molecule has 2 aromatic rings. The van der Waals surface area contributed by atoms with Gasteiger partial charge in [0, 0.05) is 15.4 Å². The van der Waals surface area contributed by atoms with Crippen molar-refractivity contribution in [2.75, 3.05) is 0 Å². The molecule has 0 aliphatic heterocycles. The topological polar surface area (TPSA) is 61.7 Å². The van der Waals surface area contributed by atoms with Gasteiger partial charge in [0.05, 0.1) is 15.7 Å². The summed E-state index contributed by atoms with van der Waals surface area (Å²) in [6.07, 6.45) is 0. The number of aromatic hydroxyl groups is 1. The Morgan fingerprint density at radius 2 is 2.15 bits per heavy atom. The smallest absolute Gasteiger partial charge is 0.272 e. The van der Waals surface area contributed by atoms with Crippen LogP contribution >= 0.6 is 43.2 Å². The lowest BCUT2D eigenvalue weighted by Crippen LogP contribution is -2.18. The monoisotopic (exact) mass is 416 g/mol. The average Bonchev–Trinajstić information content (AvgIpc) is 2.93. The van der Waals surface area contributed by atoms with Crippen molar-refractivity contribution in [3.05, 3.63) is 49.0 Å². The van der Waals surface area contributed by atoms with Gasteiger partial charge in [0.15, 0.2) is 0 Å². The third-order valence-electron chi connectivity index (χ3n) is 2.53. The molecular weight excluding hydrogens is 408 g/mol. The van der Waals surface area contributed by atoms with Crippen LogP contribution in [0.25, 0.3) is 0 Å². The van der Waals surface area contributed by atoms with E-state index in [9.17, 15) is 9.90 Å². The number of phenolic OH excluding ortho intramolecular Hbond substituents is 1. The molecule has 1 heterocycles. The van der Waals surface area contributed by atoms with Crippen LogP contribution in [0.2, 0.25) is 0 Å². The second-order valence-corrected chi connectivity index (χ2v) is 6.48. The van der Waals surface area contributed by atoms with Crippen LogP contribution in [0.1, 0.15) is 22.8 Å². The van der Waals surface area contributed by atoms with E-state index in [0.29, 0.717) is 21.3 Å². The maximum absolute atomic E-state index is 11.8. The molecule has 2 N–H and O–H groups in total. The highest BCUT2D eigenvalue weighted by Gasteiger charge is 2.11. The standard InChI is InChI=1S/C13H10Br2N2O2S/c1-7(10-4-9(14)5-11(15)12(10)18)16-17-13(19)8-2-3-20-6-8/h2-6,18H,1H3,(H,17,19). The van der Waals surface area contributed by atoms with Crippen molar-refractivity contribution in [2.24, 2.45) is 5.10 Å². The van der Waals surface area contributed by atoms with Gasteiger partial charge < -0.3 is 5.11 Å². The van der Waals surface area contributed by atoms with Gasteiger partial charge >= 0.3 is 0 Å². The zero-order chi connectivity index (χ0) is 14.7. The molecule has 104 valence electrons. The van der Waals surface area contributed by atoms with Gasteiger partial charge in [-0.05, 0) is 46.4 Å². The molecule has 0 fully saturated rings. The number of phenols is 1. The third-order valence-corrected chi connectivity index (χ3v) is 4.27. The van der Waals surface area contributed by atoms with Crippen LogP contribution in [0.15, 0.2) is 43.0 Å². The molecule has 0 atom stereocenters. The highest BCUT2D eigenvalue weighted by Crippen LogP contribution is 2.31. The van der Waals surface area contributed by atoms with E-state index in [4.69, 9.17) is 0 Å². The van der Waals surface area contributed by atoms with Gasteiger partial charge in [-0.2, -0.15) is 16.4 Å². The molecule has 0 bridgehead atoms. The molecule has 1 aromatic carbocycles. The zero-order valence-corrected chi connectivity index (χ0v) is 14.3. The first-order valence-electron chi connectivity index (χ1n) is 5.54. The van der Waals surface area contributed by atoms with Crippen LogP contribution in [0, 0.1) is 0 Å². The van der Waals surface area contributed by atoms with Crippen LogP contribution in [-0.2, 0) is 0 Å². The van der Waals surface area contributed by atoms with Gasteiger partial charge in [0.2, 0.25) is 0 Å². The van der Waals surface area contributed by atoms with E-state index in [2.05, 4.69) is 42.4 Å². The zero-order valence-electron chi connectivity index (χ0n) is 10.4. The number of halogens is 2. The second-order valence-electron chi connectivity index (χ2n) is 3.93. The number of carbonyl (C=O) groups excluding carboxylic acids is 1. The first-order chi connectivity index (χ1) is 9.49. The molecule has 0 saturated carbocycles. The van der Waals surface area contributed by atoms with E-state index in [1.54, 1.807) is 30.5 Å². The fourth-order valence-electron chi connectivity index (χ4n) is 1.49. The van der Waals surface area contributed by atoms with E-state index < -0.39 is 0 Å². The number of thiophene rings is 1. The minimum atomic E-state index is -0.279. The maximum atomic E-state index is 11.8. The number of benzene rings is 1. The number of nitrogens with zero attached hydrogens (tertiary/aromatic N) is 1. The number of carbonyl (C=O) groups is 1. The maximum Gasteiger partial charge on any atom is 0.272 e. The quantitative estimate of drug-likeness (QED) is 0.582. The van der Waals surface area contributed by atoms with Crippen molar-refractivity contribution in [1.82, 2.24) is 5.43 Å². The molecule has 1 amide bonds. The van der Waals surface area contributed by atoms with Crippen molar-refractivity contribution in [2.45, 2.75) is 6.92 Å². The molecular formula is C13H10Br2N2O2S. The van der Waals surface area contributed by atoms with Crippen LogP contribution in [0.4, 0.5) is 0 Å². The minimum Gasteiger partial charge on any atom is -0.506 e. The molecule has 0 saturated heterocycles. The Bertz CT molecular complexity index is 669. The fraction of sp³-hybridized carbons (Fsp3) is 0.0769. The molecule has 0 aliphatic rings. The fourth-order valence-corrected chi connectivity index (χ4v) is 3.36. The summed E-state index contributed by atoms with van der Waals surface area (Å²) in [6.45, 7) is 1.71. The van der Waals surface area contributed by atoms with Crippen molar-refractivity contribution in [1.29, 1.82) is 0 Å². The third kappa shape index (κ3) is 3.47. The highest BCUT2D eigenvalue weighted by molar-refractivity contribution is 9.11. The van der Waals surface area contributed by atoms with Gasteiger partial charge in [-0.1, -0.05) is 15.9 Å². The van der Waals surface area contributed by atoms with Crippen molar-refractivity contribution in [3.63, 3.8) is 0 Å². The lowest BCUT2D eigenvalue weighted by atomic mass is 10.1. The SMILES string of the molecule is CC(=NNC(=O)c1ccsc1)c1cc(Br)cc(Br)c1O. The first-order valence-corrected chi connectivity index (χ1v) is 8.07. The molecule has 20 heavy (non-hydrogen) atoms. The van der Waals surface area contributed by atoms with E-state index in [1.165, 1.54) is 11.3 Å². The largest absolute Gasteiger partial charge is 0.506 e. The van der Waals surface area contributed by atoms with Gasteiger partial charge in [-0.3, -0.25) is 4.79 Å². The summed E-state index contributed by atoms with van der Waals surface area (Å²) in [5, 5.41) is 17.6. The Morgan fingerprint density at radius 3 is 2.80 bits per heavy atom. The number of hydrogen-bond donors (Lipinski definition) is 2. The summed E-state index contributed by atoms with van der Waals surface area (Å²) in [5.74, 6) is -0.196. The van der Waals surface area contributed by atoms with Crippen LogP contribution in [0.3, 0.4) is 0 Å². The molecule has 2 rings (SSSR count). The Hall–Kier alpha value is -1.18. The Labute approximate surface area is 136 Å². The predicted octanol–water partition coefficient (Wildman–Crippen LogP) is 4.13. The number of hydrazone groups is 1. The number of nitrogens with one attached hydrogen (secondary N) is 1. The average molecular weight is 418 g/mol. The predicted molar refractivity (Wildman–Crippen MR) is 87.5 cm³/mol. The molecule has 0 spiro atoms. The number of amides is 1. The molecule has 4 nitrogen and oxygen atoms in total. The summed E-state index contributed by atoms with van der Waals surface area (Å²) in [7, 11) is 0. The Kier molecular flexibility index (Phi) is 4.95.